The van der Waals surface area contributed by atoms with Gasteiger partial charge >= 0.3 is 0 Å². The van der Waals surface area contributed by atoms with Gasteiger partial charge in [0.2, 0.25) is 5.91 Å². The second-order valence-corrected chi connectivity index (χ2v) is 10.3. The van der Waals surface area contributed by atoms with E-state index in [0.29, 0.717) is 38.3 Å². The van der Waals surface area contributed by atoms with Gasteiger partial charge in [-0.3, -0.25) is 9.59 Å². The van der Waals surface area contributed by atoms with Gasteiger partial charge in [0, 0.05) is 37.6 Å². The third-order valence-electron chi connectivity index (χ3n) is 5.99. The number of thiophene rings is 1. The van der Waals surface area contributed by atoms with Crippen molar-refractivity contribution in [1.29, 1.82) is 0 Å². The monoisotopic (exact) mass is 495 g/mol. The summed E-state index contributed by atoms with van der Waals surface area (Å²) in [7, 11) is 1.61. The molecule has 7 nitrogen and oxygen atoms in total. The molecule has 34 heavy (non-hydrogen) atoms. The maximum atomic E-state index is 12.8. The number of carbonyl (C=O) groups is 2. The van der Waals surface area contributed by atoms with Crippen LogP contribution in [0, 0.1) is 6.92 Å². The zero-order chi connectivity index (χ0) is 23.7. The Morgan fingerprint density at radius 2 is 1.82 bits per heavy atom. The molecule has 0 atom stereocenters. The van der Waals surface area contributed by atoms with Crippen molar-refractivity contribution in [3.05, 3.63) is 52.3 Å². The summed E-state index contributed by atoms with van der Waals surface area (Å²) in [6.45, 7) is 4.03. The van der Waals surface area contributed by atoms with Crippen molar-refractivity contribution >= 4 is 54.8 Å². The second-order valence-electron chi connectivity index (χ2n) is 8.20. The van der Waals surface area contributed by atoms with Crippen molar-refractivity contribution < 1.29 is 19.1 Å². The molecular formula is C25H25N3O4S2. The van der Waals surface area contributed by atoms with Gasteiger partial charge < -0.3 is 19.3 Å². The van der Waals surface area contributed by atoms with Crippen molar-refractivity contribution in [2.45, 2.75) is 13.3 Å². The van der Waals surface area contributed by atoms with Gasteiger partial charge in [0.05, 0.1) is 33.5 Å². The Morgan fingerprint density at radius 1 is 1.06 bits per heavy atom. The molecule has 176 valence electrons. The summed E-state index contributed by atoms with van der Waals surface area (Å²) in [4.78, 5) is 33.8. The lowest BCUT2D eigenvalue weighted by Crippen LogP contribution is -2.52. The fraction of sp³-hybridized carbons (Fsp3) is 0.320. The highest BCUT2D eigenvalue weighted by Crippen LogP contribution is 2.38. The van der Waals surface area contributed by atoms with Crippen LogP contribution in [0.25, 0.3) is 20.3 Å². The molecule has 1 aliphatic heterocycles. The topological polar surface area (TPSA) is 72.0 Å². The van der Waals surface area contributed by atoms with Crippen LogP contribution in [0.3, 0.4) is 0 Å². The average Bonchev–Trinajstić information content (AvgIpc) is 3.48. The summed E-state index contributed by atoms with van der Waals surface area (Å²) in [5.41, 5.74) is 1.92. The standard InChI is InChI=1S/C25H25N3O4S2/c1-16-26-24-21(34-16)14-20(19-6-11-33-25(19)24)32-15-23(30)28-9-7-27(8-10-28)22(29)13-17-4-3-5-18(12-17)31-2/h3-6,11-12,14H,7-10,13,15H2,1-2H3. The molecule has 0 aliphatic carbocycles. The van der Waals surface area contributed by atoms with Crippen LogP contribution in [-0.2, 0) is 16.0 Å². The van der Waals surface area contributed by atoms with Crippen molar-refractivity contribution in [2.24, 2.45) is 0 Å². The second kappa shape index (κ2) is 9.60. The largest absolute Gasteiger partial charge is 0.497 e. The molecule has 9 heteroatoms. The number of rotatable bonds is 6. The van der Waals surface area contributed by atoms with Gasteiger partial charge in [-0.2, -0.15) is 0 Å². The first kappa shape index (κ1) is 22.6. The minimum absolute atomic E-state index is 0.0218. The molecule has 5 rings (SSSR count). The van der Waals surface area contributed by atoms with E-state index in [1.807, 2.05) is 53.6 Å². The van der Waals surface area contributed by atoms with E-state index in [1.165, 1.54) is 0 Å². The Hall–Kier alpha value is -3.17. The van der Waals surface area contributed by atoms with E-state index >= 15 is 0 Å². The molecule has 0 saturated carbocycles. The molecule has 3 heterocycles. The van der Waals surface area contributed by atoms with E-state index < -0.39 is 0 Å². The summed E-state index contributed by atoms with van der Waals surface area (Å²) in [6, 6.07) is 11.5. The van der Waals surface area contributed by atoms with Crippen molar-refractivity contribution in [2.75, 3.05) is 39.9 Å². The zero-order valence-electron chi connectivity index (χ0n) is 19.1. The van der Waals surface area contributed by atoms with Crippen LogP contribution >= 0.6 is 22.7 Å². The highest BCUT2D eigenvalue weighted by Gasteiger charge is 2.25. The predicted octanol–water partition coefficient (Wildman–Crippen LogP) is 4.12. The zero-order valence-corrected chi connectivity index (χ0v) is 20.7. The highest BCUT2D eigenvalue weighted by atomic mass is 32.1. The van der Waals surface area contributed by atoms with Crippen LogP contribution < -0.4 is 9.47 Å². The summed E-state index contributed by atoms with van der Waals surface area (Å²) in [6.07, 6.45) is 0.324. The van der Waals surface area contributed by atoms with Gasteiger partial charge in [0.25, 0.3) is 5.91 Å². The lowest BCUT2D eigenvalue weighted by atomic mass is 10.1. The SMILES string of the molecule is COc1cccc(CC(=O)N2CCN(C(=O)COc3cc4sc(C)nc4c4sccc34)CC2)c1. The van der Waals surface area contributed by atoms with Crippen LogP contribution in [-0.4, -0.2) is 66.5 Å². The van der Waals surface area contributed by atoms with E-state index in [1.54, 1.807) is 34.7 Å². The van der Waals surface area contributed by atoms with Gasteiger partial charge in [-0.1, -0.05) is 12.1 Å². The number of methoxy groups -OCH3 is 1. The summed E-state index contributed by atoms with van der Waals surface area (Å²) >= 11 is 3.26. The predicted molar refractivity (Wildman–Crippen MR) is 135 cm³/mol. The number of aryl methyl sites for hydroxylation is 1. The van der Waals surface area contributed by atoms with Crippen LogP contribution in [0.5, 0.6) is 11.5 Å². The maximum Gasteiger partial charge on any atom is 0.260 e. The summed E-state index contributed by atoms with van der Waals surface area (Å²) in [5, 5.41) is 4.02. The Morgan fingerprint density at radius 3 is 2.59 bits per heavy atom. The third kappa shape index (κ3) is 4.58. The smallest absolute Gasteiger partial charge is 0.260 e. The van der Waals surface area contributed by atoms with Gasteiger partial charge in [0.1, 0.15) is 11.5 Å². The number of amides is 2. The number of ether oxygens (including phenoxy) is 2. The van der Waals surface area contributed by atoms with E-state index in [2.05, 4.69) is 4.98 Å². The van der Waals surface area contributed by atoms with Crippen molar-refractivity contribution in [1.82, 2.24) is 14.8 Å². The van der Waals surface area contributed by atoms with Gasteiger partial charge in [0.15, 0.2) is 6.61 Å². The third-order valence-corrected chi connectivity index (χ3v) is 7.83. The fourth-order valence-electron chi connectivity index (χ4n) is 4.21. The quantitative estimate of drug-likeness (QED) is 0.402. The average molecular weight is 496 g/mol. The van der Waals surface area contributed by atoms with Gasteiger partial charge in [-0.25, -0.2) is 4.98 Å². The molecule has 1 fully saturated rings. The first-order valence-electron chi connectivity index (χ1n) is 11.1. The first-order valence-corrected chi connectivity index (χ1v) is 12.8. The minimum atomic E-state index is -0.0659. The maximum absolute atomic E-state index is 12.8. The molecule has 0 radical (unpaired) electrons. The van der Waals surface area contributed by atoms with E-state index in [9.17, 15) is 9.59 Å². The van der Waals surface area contributed by atoms with Crippen LogP contribution in [0.1, 0.15) is 10.6 Å². The number of nitrogens with zero attached hydrogens (tertiary/aromatic N) is 3. The molecular weight excluding hydrogens is 470 g/mol. The Labute approximate surface area is 205 Å². The summed E-state index contributed by atoms with van der Waals surface area (Å²) in [5.74, 6) is 1.45. The fourth-order valence-corrected chi connectivity index (χ4v) is 6.04. The number of thiazole rings is 1. The Kier molecular flexibility index (Phi) is 6.38. The molecule has 0 spiro atoms. The highest BCUT2D eigenvalue weighted by molar-refractivity contribution is 7.21. The number of aromatic nitrogens is 1. The number of hydrogen-bond acceptors (Lipinski definition) is 7. The normalized spacial score (nSPS) is 14.1. The molecule has 0 N–H and O–H groups in total. The van der Waals surface area contributed by atoms with E-state index in [-0.39, 0.29) is 18.4 Å². The van der Waals surface area contributed by atoms with E-state index in [4.69, 9.17) is 9.47 Å². The molecule has 2 aromatic heterocycles. The minimum Gasteiger partial charge on any atom is -0.497 e. The Bertz CT molecular complexity index is 1350. The molecule has 1 aliphatic rings. The number of hydrogen-bond donors (Lipinski definition) is 0. The molecule has 0 unspecified atom stereocenters. The lowest BCUT2D eigenvalue weighted by Gasteiger charge is -2.34. The molecule has 4 aromatic rings. The van der Waals surface area contributed by atoms with Crippen LogP contribution in [0.2, 0.25) is 0 Å². The molecule has 1 saturated heterocycles. The Balaban J connectivity index is 1.17. The lowest BCUT2D eigenvalue weighted by molar-refractivity contribution is -0.140. The number of piperazine rings is 1. The van der Waals surface area contributed by atoms with E-state index in [0.717, 1.165) is 36.6 Å². The van der Waals surface area contributed by atoms with Crippen molar-refractivity contribution in [3.8, 4) is 11.5 Å². The molecule has 0 bridgehead atoms. The van der Waals surface area contributed by atoms with Crippen molar-refractivity contribution in [3.63, 3.8) is 0 Å². The number of benzene rings is 2. The van der Waals surface area contributed by atoms with Gasteiger partial charge in [-0.15, -0.1) is 22.7 Å². The molecule has 2 amide bonds. The van der Waals surface area contributed by atoms with Crippen LogP contribution in [0.4, 0.5) is 0 Å². The van der Waals surface area contributed by atoms with Crippen LogP contribution in [0.15, 0.2) is 41.8 Å². The number of fused-ring (bicyclic) bond motifs is 3. The van der Waals surface area contributed by atoms with Gasteiger partial charge in [-0.05, 0) is 36.1 Å². The summed E-state index contributed by atoms with van der Waals surface area (Å²) < 4.78 is 13.4. The number of carbonyl (C=O) groups excluding carboxylic acids is 2. The first-order chi connectivity index (χ1) is 16.5. The molecule has 2 aromatic carbocycles.